The Hall–Kier alpha value is -2.51. The van der Waals surface area contributed by atoms with Crippen molar-refractivity contribution in [3.63, 3.8) is 0 Å². The Morgan fingerprint density at radius 3 is 2.48 bits per heavy atom. The van der Waals surface area contributed by atoms with Gasteiger partial charge in [0.2, 0.25) is 0 Å². The third-order valence-corrected chi connectivity index (χ3v) is 4.84. The summed E-state index contributed by atoms with van der Waals surface area (Å²) in [5, 5.41) is 2.96. The van der Waals surface area contributed by atoms with Gasteiger partial charge < -0.3 is 14.6 Å². The maximum Gasteiger partial charge on any atom is 0.267 e. The molecule has 1 fully saturated rings. The molecule has 7 heteroatoms. The number of rotatable bonds is 6. The van der Waals surface area contributed by atoms with E-state index < -0.39 is 0 Å². The van der Waals surface area contributed by atoms with Gasteiger partial charge in [-0.05, 0) is 30.7 Å². The first-order chi connectivity index (χ1) is 13.0. The van der Waals surface area contributed by atoms with Crippen molar-refractivity contribution < 1.29 is 18.7 Å². The minimum atomic E-state index is -0.288. The number of ether oxygens (including phenoxy) is 1. The smallest absolute Gasteiger partial charge is 0.267 e. The molecule has 1 aliphatic heterocycles. The van der Waals surface area contributed by atoms with Gasteiger partial charge in [-0.1, -0.05) is 12.1 Å². The summed E-state index contributed by atoms with van der Waals surface area (Å²) in [6.07, 6.45) is 1.65. The maximum atomic E-state index is 13.3. The number of halogens is 1. The minimum Gasteiger partial charge on any atom is -0.379 e. The van der Waals surface area contributed by atoms with Crippen LogP contribution < -0.4 is 5.32 Å². The first-order valence-corrected chi connectivity index (χ1v) is 8.98. The second kappa shape index (κ2) is 8.45. The summed E-state index contributed by atoms with van der Waals surface area (Å²) in [5.41, 5.74) is 1.88. The monoisotopic (exact) mass is 373 g/mol. The number of ketones is 1. The third kappa shape index (κ3) is 4.61. The van der Waals surface area contributed by atoms with Crippen molar-refractivity contribution in [2.45, 2.75) is 13.0 Å². The fourth-order valence-corrected chi connectivity index (χ4v) is 3.29. The fourth-order valence-electron chi connectivity index (χ4n) is 3.29. The molecule has 0 spiro atoms. The van der Waals surface area contributed by atoms with Crippen LogP contribution in [-0.4, -0.2) is 54.0 Å². The van der Waals surface area contributed by atoms with E-state index >= 15 is 0 Å². The van der Waals surface area contributed by atoms with Gasteiger partial charge in [-0.2, -0.15) is 0 Å². The number of nitrogens with one attached hydrogen (secondary N) is 1. The third-order valence-electron chi connectivity index (χ3n) is 4.84. The van der Waals surface area contributed by atoms with Crippen LogP contribution in [0.25, 0.3) is 0 Å². The van der Waals surface area contributed by atoms with Crippen molar-refractivity contribution in [3.8, 4) is 0 Å². The van der Waals surface area contributed by atoms with E-state index in [2.05, 4.69) is 10.2 Å². The van der Waals surface area contributed by atoms with E-state index in [1.54, 1.807) is 36.0 Å². The highest BCUT2D eigenvalue weighted by atomic mass is 19.1. The number of hydrogen-bond acceptors (Lipinski definition) is 4. The molecule has 1 unspecified atom stereocenters. The lowest BCUT2D eigenvalue weighted by Crippen LogP contribution is -2.44. The van der Waals surface area contributed by atoms with Gasteiger partial charge in [0, 0.05) is 38.4 Å². The number of aryl methyl sites for hydroxylation is 1. The Kier molecular flexibility index (Phi) is 6.03. The van der Waals surface area contributed by atoms with Gasteiger partial charge in [-0.25, -0.2) is 4.39 Å². The van der Waals surface area contributed by atoms with E-state index in [1.165, 1.54) is 19.1 Å². The van der Waals surface area contributed by atoms with Crippen LogP contribution in [0.2, 0.25) is 0 Å². The second-order valence-electron chi connectivity index (χ2n) is 6.71. The Labute approximate surface area is 157 Å². The standard InChI is InChI=1S/C20H24FN3O3/c1-14(25)16-11-18(23(2)13-16)20(26)22-12-19(24-7-9-27-10-8-24)15-3-5-17(21)6-4-15/h3-6,11,13,19H,7-10,12H2,1-2H3,(H,22,26). The minimum absolute atomic E-state index is 0.0778. The molecule has 2 aromatic rings. The number of hydrogen-bond donors (Lipinski definition) is 1. The molecule has 1 amide bonds. The van der Waals surface area contributed by atoms with E-state index in [-0.39, 0.29) is 23.5 Å². The lowest BCUT2D eigenvalue weighted by atomic mass is 10.0. The summed E-state index contributed by atoms with van der Waals surface area (Å²) in [6, 6.07) is 7.88. The molecule has 0 radical (unpaired) electrons. The molecular formula is C20H24FN3O3. The molecule has 6 nitrogen and oxygen atoms in total. The van der Waals surface area contributed by atoms with Gasteiger partial charge >= 0.3 is 0 Å². The highest BCUT2D eigenvalue weighted by molar-refractivity contribution is 5.99. The van der Waals surface area contributed by atoms with E-state index in [0.717, 1.165) is 18.7 Å². The van der Waals surface area contributed by atoms with Crippen LogP contribution in [0.15, 0.2) is 36.5 Å². The molecule has 0 bridgehead atoms. The van der Waals surface area contributed by atoms with Gasteiger partial charge in [-0.3, -0.25) is 14.5 Å². The van der Waals surface area contributed by atoms with Crippen LogP contribution in [0.5, 0.6) is 0 Å². The zero-order valence-electron chi connectivity index (χ0n) is 15.6. The van der Waals surface area contributed by atoms with Gasteiger partial charge in [0.15, 0.2) is 5.78 Å². The molecule has 2 heterocycles. The summed E-state index contributed by atoms with van der Waals surface area (Å²) < 4.78 is 20.4. The molecule has 3 rings (SSSR count). The van der Waals surface area contributed by atoms with Crippen molar-refractivity contribution in [1.29, 1.82) is 0 Å². The van der Waals surface area contributed by atoms with Crippen LogP contribution in [-0.2, 0) is 11.8 Å². The largest absolute Gasteiger partial charge is 0.379 e. The first kappa shape index (κ1) is 19.3. The van der Waals surface area contributed by atoms with Crippen molar-refractivity contribution in [2.75, 3.05) is 32.8 Å². The molecule has 1 aromatic heterocycles. The quantitative estimate of drug-likeness (QED) is 0.789. The van der Waals surface area contributed by atoms with E-state index in [9.17, 15) is 14.0 Å². The molecule has 0 saturated carbocycles. The Balaban J connectivity index is 1.74. The highest BCUT2D eigenvalue weighted by Crippen LogP contribution is 2.22. The summed E-state index contributed by atoms with van der Waals surface area (Å²) in [6.45, 7) is 4.61. The number of aromatic nitrogens is 1. The van der Waals surface area contributed by atoms with E-state index in [0.29, 0.717) is 31.0 Å². The lowest BCUT2D eigenvalue weighted by molar-refractivity contribution is 0.0162. The van der Waals surface area contributed by atoms with Gasteiger partial charge in [0.25, 0.3) is 5.91 Å². The molecular weight excluding hydrogens is 349 g/mol. The Morgan fingerprint density at radius 1 is 1.22 bits per heavy atom. The van der Waals surface area contributed by atoms with Crippen molar-refractivity contribution in [1.82, 2.24) is 14.8 Å². The maximum absolute atomic E-state index is 13.3. The normalized spacial score (nSPS) is 16.1. The van der Waals surface area contributed by atoms with Gasteiger partial charge in [0.05, 0.1) is 19.3 Å². The highest BCUT2D eigenvalue weighted by Gasteiger charge is 2.24. The van der Waals surface area contributed by atoms with Crippen LogP contribution in [0.1, 0.15) is 39.4 Å². The van der Waals surface area contributed by atoms with Crippen LogP contribution in [0, 0.1) is 5.82 Å². The summed E-state index contributed by atoms with van der Waals surface area (Å²) in [7, 11) is 1.74. The van der Waals surface area contributed by atoms with E-state index in [1.807, 2.05) is 0 Å². The fraction of sp³-hybridized carbons (Fsp3) is 0.400. The van der Waals surface area contributed by atoms with Crippen molar-refractivity contribution >= 4 is 11.7 Å². The zero-order valence-corrected chi connectivity index (χ0v) is 15.6. The molecule has 1 aromatic carbocycles. The predicted octanol–water partition coefficient (Wildman–Crippen LogP) is 2.17. The van der Waals surface area contributed by atoms with Crippen molar-refractivity contribution in [2.24, 2.45) is 7.05 Å². The topological polar surface area (TPSA) is 63.6 Å². The summed E-state index contributed by atoms with van der Waals surface area (Å²) >= 11 is 0. The molecule has 0 aliphatic carbocycles. The van der Waals surface area contributed by atoms with Crippen LogP contribution >= 0.6 is 0 Å². The number of benzene rings is 1. The van der Waals surface area contributed by atoms with E-state index in [4.69, 9.17) is 4.74 Å². The molecule has 1 aliphatic rings. The predicted molar refractivity (Wildman–Crippen MR) is 99.3 cm³/mol. The molecule has 1 N–H and O–H groups in total. The SMILES string of the molecule is CC(=O)c1cc(C(=O)NCC(c2ccc(F)cc2)N2CCOCC2)n(C)c1. The molecule has 1 atom stereocenters. The average molecular weight is 373 g/mol. The number of carbonyl (C=O) groups excluding carboxylic acids is 2. The first-order valence-electron chi connectivity index (χ1n) is 8.98. The molecule has 27 heavy (non-hydrogen) atoms. The van der Waals surface area contributed by atoms with Gasteiger partial charge in [-0.15, -0.1) is 0 Å². The lowest BCUT2D eigenvalue weighted by Gasteiger charge is -2.35. The number of amides is 1. The molecule has 1 saturated heterocycles. The summed E-state index contributed by atoms with van der Waals surface area (Å²) in [5.74, 6) is -0.614. The number of nitrogens with zero attached hydrogens (tertiary/aromatic N) is 2. The van der Waals surface area contributed by atoms with Crippen molar-refractivity contribution in [3.05, 3.63) is 59.2 Å². The molecule has 144 valence electrons. The number of carbonyl (C=O) groups is 2. The van der Waals surface area contributed by atoms with Crippen LogP contribution in [0.4, 0.5) is 4.39 Å². The number of morpholine rings is 1. The summed E-state index contributed by atoms with van der Waals surface area (Å²) in [4.78, 5) is 26.4. The second-order valence-corrected chi connectivity index (χ2v) is 6.71. The average Bonchev–Trinajstić information content (AvgIpc) is 3.06. The zero-order chi connectivity index (χ0) is 19.4. The van der Waals surface area contributed by atoms with Gasteiger partial charge in [0.1, 0.15) is 11.5 Å². The Morgan fingerprint density at radius 2 is 1.89 bits per heavy atom. The Bertz CT molecular complexity index is 810. The van der Waals surface area contributed by atoms with Crippen LogP contribution in [0.3, 0.4) is 0 Å². The number of Topliss-reactive ketones (excluding diaryl/α,β-unsaturated/α-hetero) is 1.